The van der Waals surface area contributed by atoms with Gasteiger partial charge in [-0.15, -0.1) is 0 Å². The molecule has 2 rings (SSSR count). The highest BCUT2D eigenvalue weighted by atomic mass is 16.5. The minimum Gasteiger partial charge on any atom is -0.378 e. The van der Waals surface area contributed by atoms with Gasteiger partial charge in [-0.25, -0.2) is 0 Å². The maximum atomic E-state index is 5.21. The van der Waals surface area contributed by atoms with Gasteiger partial charge in [-0.05, 0) is 26.6 Å². The van der Waals surface area contributed by atoms with E-state index in [0.29, 0.717) is 6.04 Å². The summed E-state index contributed by atoms with van der Waals surface area (Å²) in [5.74, 6) is 0. The highest BCUT2D eigenvalue weighted by Gasteiger charge is 2.32. The Hall–Kier alpha value is -0.120. The normalized spacial score (nSPS) is 27.4. The summed E-state index contributed by atoms with van der Waals surface area (Å²) in [6, 6.07) is 1.47. The highest BCUT2D eigenvalue weighted by molar-refractivity contribution is 4.87. The van der Waals surface area contributed by atoms with Gasteiger partial charge in [-0.2, -0.15) is 0 Å². The van der Waals surface area contributed by atoms with Gasteiger partial charge in [0.25, 0.3) is 0 Å². The average molecular weight is 214 g/mol. The average Bonchev–Trinajstić information content (AvgIpc) is 2.66. The van der Waals surface area contributed by atoms with E-state index in [-0.39, 0.29) is 0 Å². The zero-order chi connectivity index (χ0) is 11.3. The number of ether oxygens (including phenoxy) is 1. The van der Waals surface area contributed by atoms with E-state index < -0.39 is 0 Å². The monoisotopic (exact) mass is 214 g/mol. The standard InChI is InChI=1S/C10H20N2O.C2H6/c1-3-12-5-4-9(6-12)11(2)10-7-13-8-10;1-2/h9-10H,3-8H2,1-2H3;1-2H3. The fourth-order valence-corrected chi connectivity index (χ4v) is 2.19. The second kappa shape index (κ2) is 6.46. The molecule has 0 bridgehead atoms. The molecule has 2 aliphatic rings. The first-order valence-electron chi connectivity index (χ1n) is 6.33. The Morgan fingerprint density at radius 1 is 1.27 bits per heavy atom. The Morgan fingerprint density at radius 3 is 2.33 bits per heavy atom. The number of hydrogen-bond donors (Lipinski definition) is 0. The van der Waals surface area contributed by atoms with E-state index in [4.69, 9.17) is 4.74 Å². The van der Waals surface area contributed by atoms with Crippen molar-refractivity contribution in [2.24, 2.45) is 0 Å². The van der Waals surface area contributed by atoms with Crippen LogP contribution in [0.5, 0.6) is 0 Å². The fourth-order valence-electron chi connectivity index (χ4n) is 2.19. The number of nitrogens with zero attached hydrogens (tertiary/aromatic N) is 2. The minimum atomic E-state index is 0.696. The van der Waals surface area contributed by atoms with Crippen molar-refractivity contribution < 1.29 is 4.74 Å². The summed E-state index contributed by atoms with van der Waals surface area (Å²) in [6.45, 7) is 11.9. The van der Waals surface area contributed by atoms with Crippen LogP contribution >= 0.6 is 0 Å². The summed E-state index contributed by atoms with van der Waals surface area (Å²) in [6.07, 6.45) is 1.33. The number of rotatable bonds is 3. The topological polar surface area (TPSA) is 15.7 Å². The minimum absolute atomic E-state index is 0.696. The van der Waals surface area contributed by atoms with Gasteiger partial charge in [-0.3, -0.25) is 4.90 Å². The van der Waals surface area contributed by atoms with E-state index in [1.54, 1.807) is 0 Å². The van der Waals surface area contributed by atoms with Crippen LogP contribution in [0.15, 0.2) is 0 Å². The van der Waals surface area contributed by atoms with Crippen LogP contribution < -0.4 is 0 Å². The molecule has 0 aromatic carbocycles. The second-order valence-corrected chi connectivity index (χ2v) is 4.19. The molecule has 15 heavy (non-hydrogen) atoms. The summed E-state index contributed by atoms with van der Waals surface area (Å²) in [5.41, 5.74) is 0. The van der Waals surface area contributed by atoms with Gasteiger partial charge in [0.05, 0.1) is 19.3 Å². The van der Waals surface area contributed by atoms with Crippen molar-refractivity contribution in [3.63, 3.8) is 0 Å². The molecule has 0 amide bonds. The SMILES string of the molecule is CC.CCN1CCC(N(C)C2COC2)C1. The molecule has 0 aromatic heterocycles. The lowest BCUT2D eigenvalue weighted by Gasteiger charge is -2.38. The first-order valence-corrected chi connectivity index (χ1v) is 6.33. The Bertz CT molecular complexity index is 171. The molecule has 0 N–H and O–H groups in total. The lowest BCUT2D eigenvalue weighted by molar-refractivity contribution is -0.0678. The van der Waals surface area contributed by atoms with Crippen LogP contribution in [0.1, 0.15) is 27.2 Å². The Morgan fingerprint density at radius 2 is 1.93 bits per heavy atom. The molecule has 90 valence electrons. The third kappa shape index (κ3) is 3.16. The van der Waals surface area contributed by atoms with Crippen LogP contribution in [0.2, 0.25) is 0 Å². The van der Waals surface area contributed by atoms with Crippen LogP contribution in [0.4, 0.5) is 0 Å². The molecular formula is C12H26N2O. The molecule has 0 aliphatic carbocycles. The molecule has 2 saturated heterocycles. The Labute approximate surface area is 94.4 Å². The van der Waals surface area contributed by atoms with Gasteiger partial charge in [0, 0.05) is 12.6 Å². The molecule has 2 heterocycles. The molecule has 2 fully saturated rings. The van der Waals surface area contributed by atoms with Crippen LogP contribution in [0.3, 0.4) is 0 Å². The van der Waals surface area contributed by atoms with Gasteiger partial charge in [0.1, 0.15) is 0 Å². The first-order chi connectivity index (χ1) is 7.31. The summed E-state index contributed by atoms with van der Waals surface area (Å²) < 4.78 is 5.21. The Kier molecular flexibility index (Phi) is 5.58. The second-order valence-electron chi connectivity index (χ2n) is 4.19. The summed E-state index contributed by atoms with van der Waals surface area (Å²) in [5, 5.41) is 0. The lowest BCUT2D eigenvalue weighted by Crippen LogP contribution is -2.52. The molecule has 1 unspecified atom stereocenters. The molecule has 0 aromatic rings. The smallest absolute Gasteiger partial charge is 0.0645 e. The first kappa shape index (κ1) is 12.9. The third-order valence-corrected chi connectivity index (χ3v) is 3.47. The van der Waals surface area contributed by atoms with Gasteiger partial charge < -0.3 is 9.64 Å². The van der Waals surface area contributed by atoms with Gasteiger partial charge in [-0.1, -0.05) is 20.8 Å². The lowest BCUT2D eigenvalue weighted by atomic mass is 10.1. The summed E-state index contributed by atoms with van der Waals surface area (Å²) in [4.78, 5) is 5.04. The Balaban J connectivity index is 0.000000531. The molecule has 0 spiro atoms. The third-order valence-electron chi connectivity index (χ3n) is 3.47. The van der Waals surface area contributed by atoms with Gasteiger partial charge in [0.2, 0.25) is 0 Å². The van der Waals surface area contributed by atoms with Crippen molar-refractivity contribution in [1.82, 2.24) is 9.80 Å². The van der Waals surface area contributed by atoms with Gasteiger partial charge >= 0.3 is 0 Å². The maximum Gasteiger partial charge on any atom is 0.0645 e. The van der Waals surface area contributed by atoms with Crippen LogP contribution in [-0.2, 0) is 4.74 Å². The van der Waals surface area contributed by atoms with E-state index >= 15 is 0 Å². The van der Waals surface area contributed by atoms with E-state index in [0.717, 1.165) is 19.3 Å². The summed E-state index contributed by atoms with van der Waals surface area (Å²) in [7, 11) is 2.25. The zero-order valence-corrected chi connectivity index (χ0v) is 10.7. The number of likely N-dealkylation sites (N-methyl/N-ethyl adjacent to an activating group) is 2. The summed E-state index contributed by atoms with van der Waals surface area (Å²) >= 11 is 0. The van der Waals surface area contributed by atoms with Crippen molar-refractivity contribution >= 4 is 0 Å². The number of likely N-dealkylation sites (tertiary alicyclic amines) is 1. The van der Waals surface area contributed by atoms with Crippen LogP contribution in [0.25, 0.3) is 0 Å². The van der Waals surface area contributed by atoms with Gasteiger partial charge in [0.15, 0.2) is 0 Å². The van der Waals surface area contributed by atoms with Crippen molar-refractivity contribution in [3.05, 3.63) is 0 Å². The molecular weight excluding hydrogens is 188 g/mol. The molecule has 0 radical (unpaired) electrons. The highest BCUT2D eigenvalue weighted by Crippen LogP contribution is 2.19. The van der Waals surface area contributed by atoms with E-state index in [9.17, 15) is 0 Å². The zero-order valence-electron chi connectivity index (χ0n) is 10.7. The van der Waals surface area contributed by atoms with E-state index in [2.05, 4.69) is 23.8 Å². The van der Waals surface area contributed by atoms with Crippen LogP contribution in [0, 0.1) is 0 Å². The largest absolute Gasteiger partial charge is 0.378 e. The maximum absolute atomic E-state index is 5.21. The molecule has 0 saturated carbocycles. The van der Waals surface area contributed by atoms with Crippen molar-refractivity contribution in [2.45, 2.75) is 39.3 Å². The van der Waals surface area contributed by atoms with Crippen LogP contribution in [-0.4, -0.2) is 61.8 Å². The molecule has 2 aliphatic heterocycles. The predicted molar refractivity (Wildman–Crippen MR) is 64.2 cm³/mol. The van der Waals surface area contributed by atoms with Crippen molar-refractivity contribution in [1.29, 1.82) is 0 Å². The van der Waals surface area contributed by atoms with E-state index in [1.807, 2.05) is 13.8 Å². The molecule has 3 nitrogen and oxygen atoms in total. The van der Waals surface area contributed by atoms with E-state index in [1.165, 1.54) is 26.1 Å². The molecule has 1 atom stereocenters. The quantitative estimate of drug-likeness (QED) is 0.707. The van der Waals surface area contributed by atoms with Crippen molar-refractivity contribution in [2.75, 3.05) is 39.9 Å². The molecule has 3 heteroatoms. The number of hydrogen-bond acceptors (Lipinski definition) is 3. The predicted octanol–water partition coefficient (Wildman–Crippen LogP) is 1.44. The van der Waals surface area contributed by atoms with Crippen molar-refractivity contribution in [3.8, 4) is 0 Å². The fraction of sp³-hybridized carbons (Fsp3) is 1.00.